The number of methoxy groups -OCH3 is 2. The van der Waals surface area contributed by atoms with Crippen molar-refractivity contribution in [1.29, 1.82) is 0 Å². The molecule has 0 saturated heterocycles. The fourth-order valence-corrected chi connectivity index (χ4v) is 4.50. The van der Waals surface area contributed by atoms with Gasteiger partial charge < -0.3 is 38.5 Å². The van der Waals surface area contributed by atoms with Gasteiger partial charge in [0.2, 0.25) is 0 Å². The SMILES string of the molecule is CCNC(Cc1cc(OCc2ccccc2)c(=O)n(CCOC)c1)NC(=O)O.COCCn1cccc(OCc2ccccc2)c1=O. The average Bonchev–Trinajstić information content (AvgIpc) is 3.08. The van der Waals surface area contributed by atoms with Crippen LogP contribution in [0.15, 0.2) is 101 Å². The van der Waals surface area contributed by atoms with Crippen LogP contribution in [-0.4, -0.2) is 60.5 Å². The number of benzene rings is 2. The molecule has 1 unspecified atom stereocenters. The average molecular weight is 649 g/mol. The molecule has 0 aliphatic carbocycles. The number of carbonyl (C=O) groups is 1. The van der Waals surface area contributed by atoms with E-state index in [0.717, 1.165) is 16.7 Å². The highest BCUT2D eigenvalue weighted by Crippen LogP contribution is 2.13. The molecule has 3 N–H and O–H groups in total. The van der Waals surface area contributed by atoms with E-state index in [1.54, 1.807) is 49.4 Å². The van der Waals surface area contributed by atoms with Gasteiger partial charge in [0.25, 0.3) is 11.1 Å². The summed E-state index contributed by atoms with van der Waals surface area (Å²) >= 11 is 0. The molecule has 12 heteroatoms. The summed E-state index contributed by atoms with van der Waals surface area (Å²) in [4.78, 5) is 35.8. The number of pyridine rings is 2. The molecule has 0 aliphatic rings. The van der Waals surface area contributed by atoms with Gasteiger partial charge in [0.15, 0.2) is 11.5 Å². The Morgan fingerprint density at radius 2 is 1.32 bits per heavy atom. The number of ether oxygens (including phenoxy) is 4. The summed E-state index contributed by atoms with van der Waals surface area (Å²) < 4.78 is 24.5. The summed E-state index contributed by atoms with van der Waals surface area (Å²) in [7, 11) is 3.18. The van der Waals surface area contributed by atoms with E-state index in [-0.39, 0.29) is 23.5 Å². The second-order valence-electron chi connectivity index (χ2n) is 10.4. The highest BCUT2D eigenvalue weighted by molar-refractivity contribution is 5.64. The van der Waals surface area contributed by atoms with Gasteiger partial charge in [-0.3, -0.25) is 14.9 Å². The lowest BCUT2D eigenvalue weighted by molar-refractivity contribution is 0.185. The van der Waals surface area contributed by atoms with Gasteiger partial charge in [0.1, 0.15) is 13.2 Å². The number of hydrogen-bond donors (Lipinski definition) is 3. The molecule has 1 amide bonds. The van der Waals surface area contributed by atoms with Crippen molar-refractivity contribution in [3.8, 4) is 11.5 Å². The molecule has 2 heterocycles. The molecule has 1 atom stereocenters. The van der Waals surface area contributed by atoms with Crippen molar-refractivity contribution >= 4 is 6.09 Å². The van der Waals surface area contributed by atoms with E-state index in [1.807, 2.05) is 67.6 Å². The zero-order valence-electron chi connectivity index (χ0n) is 27.1. The zero-order chi connectivity index (χ0) is 33.9. The predicted octanol–water partition coefficient (Wildman–Crippen LogP) is 3.89. The van der Waals surface area contributed by atoms with Crippen LogP contribution in [0.3, 0.4) is 0 Å². The van der Waals surface area contributed by atoms with Crippen molar-refractivity contribution < 1.29 is 28.8 Å². The zero-order valence-corrected chi connectivity index (χ0v) is 27.1. The Bertz CT molecular complexity index is 1610. The minimum atomic E-state index is -1.11. The van der Waals surface area contributed by atoms with Crippen LogP contribution in [0.25, 0.3) is 0 Å². The van der Waals surface area contributed by atoms with E-state index in [4.69, 9.17) is 24.1 Å². The topological polar surface area (TPSA) is 142 Å². The number of rotatable bonds is 17. The van der Waals surface area contributed by atoms with Crippen LogP contribution in [0, 0.1) is 0 Å². The highest BCUT2D eigenvalue weighted by Gasteiger charge is 2.15. The summed E-state index contributed by atoms with van der Waals surface area (Å²) in [5, 5.41) is 14.5. The van der Waals surface area contributed by atoms with Crippen molar-refractivity contribution in [2.45, 2.75) is 45.8 Å². The van der Waals surface area contributed by atoms with Crippen molar-refractivity contribution in [2.75, 3.05) is 34.0 Å². The molecule has 252 valence electrons. The number of hydrogen-bond acceptors (Lipinski definition) is 8. The van der Waals surface area contributed by atoms with Crippen molar-refractivity contribution in [1.82, 2.24) is 19.8 Å². The lowest BCUT2D eigenvalue weighted by Crippen LogP contribution is -2.46. The van der Waals surface area contributed by atoms with Crippen molar-refractivity contribution in [2.24, 2.45) is 0 Å². The van der Waals surface area contributed by atoms with Gasteiger partial charge in [-0.25, -0.2) is 4.79 Å². The summed E-state index contributed by atoms with van der Waals surface area (Å²) in [6.45, 7) is 4.95. The molecule has 0 spiro atoms. The molecule has 4 aromatic rings. The molecular formula is C35H44N4O8. The van der Waals surface area contributed by atoms with Gasteiger partial charge in [-0.1, -0.05) is 67.6 Å². The molecule has 0 bridgehead atoms. The summed E-state index contributed by atoms with van der Waals surface area (Å²) in [5.41, 5.74) is 2.39. The molecule has 4 rings (SSSR count). The number of amides is 1. The second kappa shape index (κ2) is 20.3. The van der Waals surface area contributed by atoms with E-state index in [0.29, 0.717) is 51.6 Å². The largest absolute Gasteiger partial charge is 0.483 e. The van der Waals surface area contributed by atoms with E-state index in [2.05, 4.69) is 10.6 Å². The van der Waals surface area contributed by atoms with Gasteiger partial charge >= 0.3 is 6.09 Å². The van der Waals surface area contributed by atoms with E-state index in [9.17, 15) is 14.4 Å². The maximum Gasteiger partial charge on any atom is 0.405 e. The number of carboxylic acid groups (broad SMARTS) is 1. The smallest absolute Gasteiger partial charge is 0.405 e. The monoisotopic (exact) mass is 648 g/mol. The quantitative estimate of drug-likeness (QED) is 0.145. The standard InChI is InChI=1S/C20H27N3O5.C15H17NO3/c1-3-21-18(22-20(25)26)12-16-11-17(19(24)23(13-16)9-10-27-2)28-14-15-7-5-4-6-8-15;1-18-11-10-16-9-5-8-14(15(16)17)19-12-13-6-3-2-4-7-13/h4-8,11,13,18,21-22H,3,9-10,12,14H2,1-2H3,(H,25,26);2-9H,10-12H2,1H3. The molecule has 0 saturated carbocycles. The highest BCUT2D eigenvalue weighted by atomic mass is 16.5. The van der Waals surface area contributed by atoms with Crippen LogP contribution >= 0.6 is 0 Å². The molecular weight excluding hydrogens is 604 g/mol. The first-order valence-electron chi connectivity index (χ1n) is 15.3. The molecule has 0 fully saturated rings. The molecule has 2 aromatic carbocycles. The Morgan fingerprint density at radius 1 is 0.766 bits per heavy atom. The van der Waals surface area contributed by atoms with E-state index >= 15 is 0 Å². The van der Waals surface area contributed by atoms with Crippen molar-refractivity contribution in [3.05, 3.63) is 129 Å². The Morgan fingerprint density at radius 3 is 1.87 bits per heavy atom. The third-order valence-electron chi connectivity index (χ3n) is 6.83. The normalized spacial score (nSPS) is 11.2. The number of likely N-dealkylation sites (N-methyl/N-ethyl adjacent to an activating group) is 1. The predicted molar refractivity (Wildman–Crippen MR) is 179 cm³/mol. The van der Waals surface area contributed by atoms with Crippen LogP contribution in [0.2, 0.25) is 0 Å². The van der Waals surface area contributed by atoms with Crippen LogP contribution in [-0.2, 0) is 42.2 Å². The fraction of sp³-hybridized carbons (Fsp3) is 0.343. The van der Waals surface area contributed by atoms with Crippen LogP contribution in [0.5, 0.6) is 11.5 Å². The number of aromatic nitrogens is 2. The Kier molecular flexibility index (Phi) is 15.8. The van der Waals surface area contributed by atoms with Crippen LogP contribution in [0.1, 0.15) is 23.6 Å². The van der Waals surface area contributed by atoms with Gasteiger partial charge in [0, 0.05) is 46.1 Å². The second-order valence-corrected chi connectivity index (χ2v) is 10.4. The number of nitrogens with zero attached hydrogens (tertiary/aromatic N) is 2. The number of nitrogens with one attached hydrogen (secondary N) is 2. The molecule has 47 heavy (non-hydrogen) atoms. The van der Waals surface area contributed by atoms with E-state index < -0.39 is 12.3 Å². The maximum absolute atomic E-state index is 12.7. The Balaban J connectivity index is 0.000000274. The maximum atomic E-state index is 12.7. The fourth-order valence-electron chi connectivity index (χ4n) is 4.50. The lowest BCUT2D eigenvalue weighted by atomic mass is 10.1. The Hall–Kier alpha value is -4.91. The van der Waals surface area contributed by atoms with E-state index in [1.165, 1.54) is 4.57 Å². The molecule has 0 radical (unpaired) electrons. The minimum Gasteiger partial charge on any atom is -0.483 e. The Labute approximate surface area is 274 Å². The van der Waals surface area contributed by atoms with Gasteiger partial charge in [-0.15, -0.1) is 0 Å². The first-order chi connectivity index (χ1) is 22.8. The third-order valence-corrected chi connectivity index (χ3v) is 6.83. The van der Waals surface area contributed by atoms with Gasteiger partial charge in [0.05, 0.1) is 19.4 Å². The summed E-state index contributed by atoms with van der Waals surface area (Å²) in [6.07, 6.45) is 2.23. The molecule has 2 aromatic heterocycles. The molecule has 0 aliphatic heterocycles. The van der Waals surface area contributed by atoms with Gasteiger partial charge in [-0.2, -0.15) is 0 Å². The van der Waals surface area contributed by atoms with Crippen LogP contribution in [0.4, 0.5) is 4.79 Å². The van der Waals surface area contributed by atoms with Crippen LogP contribution < -0.4 is 31.2 Å². The lowest BCUT2D eigenvalue weighted by Gasteiger charge is -2.19. The van der Waals surface area contributed by atoms with Crippen molar-refractivity contribution in [3.63, 3.8) is 0 Å². The molecule has 12 nitrogen and oxygen atoms in total. The summed E-state index contributed by atoms with van der Waals surface area (Å²) in [6, 6.07) is 24.5. The minimum absolute atomic E-state index is 0.129. The third kappa shape index (κ3) is 12.8. The first kappa shape index (κ1) is 36.6. The first-order valence-corrected chi connectivity index (χ1v) is 15.3. The van der Waals surface area contributed by atoms with Gasteiger partial charge in [-0.05, 0) is 41.4 Å². The summed E-state index contributed by atoms with van der Waals surface area (Å²) in [5.74, 6) is 0.588.